The molecule has 0 saturated carbocycles. The minimum Gasteiger partial charge on any atom is -0.306 e. The Hall–Kier alpha value is 0.0700. The van der Waals surface area contributed by atoms with Gasteiger partial charge in [0.1, 0.15) is 0 Å². The quantitative estimate of drug-likeness (QED) is 0.714. The van der Waals surface area contributed by atoms with Gasteiger partial charge < -0.3 is 9.45 Å². The summed E-state index contributed by atoms with van der Waals surface area (Å²) in [7, 11) is 0. The van der Waals surface area contributed by atoms with Crippen LogP contribution in [-0.4, -0.2) is 39.0 Å². The lowest BCUT2D eigenvalue weighted by molar-refractivity contribution is 0.168. The molecule has 90 valence electrons. The van der Waals surface area contributed by atoms with Crippen LogP contribution >= 0.6 is 0 Å². The number of hydrogen-bond donors (Lipinski definition) is 1. The second-order valence-electron chi connectivity index (χ2n) is 4.48. The van der Waals surface area contributed by atoms with Crippen molar-refractivity contribution in [2.45, 2.75) is 39.0 Å². The van der Waals surface area contributed by atoms with Crippen LogP contribution in [0.4, 0.5) is 0 Å². The summed E-state index contributed by atoms with van der Waals surface area (Å²) in [6.45, 7) is 5.62. The number of hydrogen-bond acceptors (Lipinski definition) is 2. The lowest BCUT2D eigenvalue weighted by atomic mass is 9.94. The van der Waals surface area contributed by atoms with Gasteiger partial charge in [0, 0.05) is 6.54 Å². The summed E-state index contributed by atoms with van der Waals surface area (Å²) < 4.78 is 19.2. The molecule has 0 aromatic carbocycles. The molecule has 1 heterocycles. The molecule has 4 heteroatoms. The lowest BCUT2D eigenvalue weighted by Crippen LogP contribution is -2.36. The second-order valence-corrected chi connectivity index (χ2v) is 5.53. The fraction of sp³-hybridized carbons (Fsp3) is 1.00. The first-order chi connectivity index (χ1) is 7.22. The average molecular weight is 233 g/mol. The van der Waals surface area contributed by atoms with Crippen LogP contribution in [0, 0.1) is 5.92 Å². The van der Waals surface area contributed by atoms with Crippen LogP contribution in [0.5, 0.6) is 0 Å². The zero-order chi connectivity index (χ0) is 11.1. The highest BCUT2D eigenvalue weighted by Gasteiger charge is 2.18. The predicted molar refractivity (Wildman–Crippen MR) is 64.3 cm³/mol. The zero-order valence-electron chi connectivity index (χ0n) is 9.65. The van der Waals surface area contributed by atoms with E-state index in [4.69, 9.17) is 4.55 Å². The van der Waals surface area contributed by atoms with E-state index < -0.39 is 11.1 Å². The minimum absolute atomic E-state index is 0.426. The highest BCUT2D eigenvalue weighted by Crippen LogP contribution is 2.20. The third-order valence-electron chi connectivity index (χ3n) is 3.09. The Labute approximate surface area is 95.5 Å². The molecule has 15 heavy (non-hydrogen) atoms. The van der Waals surface area contributed by atoms with E-state index in [9.17, 15) is 4.21 Å². The molecule has 1 saturated heterocycles. The maximum atomic E-state index is 10.5. The molecule has 1 rings (SSSR count). The molecule has 2 unspecified atom stereocenters. The lowest BCUT2D eigenvalue weighted by Gasteiger charge is -2.32. The molecule has 0 bridgehead atoms. The molecule has 0 radical (unpaired) electrons. The Morgan fingerprint density at radius 2 is 2.33 bits per heavy atom. The molecule has 1 aliphatic heterocycles. The van der Waals surface area contributed by atoms with Gasteiger partial charge in [0.2, 0.25) is 0 Å². The number of likely N-dealkylation sites (tertiary alicyclic amines) is 1. The summed E-state index contributed by atoms with van der Waals surface area (Å²) in [6.07, 6.45) is 6.13. The van der Waals surface area contributed by atoms with Gasteiger partial charge in [0.05, 0.1) is 5.75 Å². The molecule has 3 nitrogen and oxygen atoms in total. The van der Waals surface area contributed by atoms with Crippen molar-refractivity contribution in [2.75, 3.05) is 25.4 Å². The molecular formula is C11H23NO2S. The summed E-state index contributed by atoms with van der Waals surface area (Å²) in [6, 6.07) is 0. The van der Waals surface area contributed by atoms with Crippen molar-refractivity contribution < 1.29 is 8.76 Å². The van der Waals surface area contributed by atoms with Crippen LogP contribution < -0.4 is 0 Å². The van der Waals surface area contributed by atoms with Crippen LogP contribution in [0.1, 0.15) is 39.0 Å². The van der Waals surface area contributed by atoms with Crippen LogP contribution in [0.15, 0.2) is 0 Å². The van der Waals surface area contributed by atoms with Gasteiger partial charge in [-0.1, -0.05) is 13.3 Å². The molecule has 0 aliphatic carbocycles. The highest BCUT2D eigenvalue weighted by atomic mass is 32.2. The van der Waals surface area contributed by atoms with Crippen molar-refractivity contribution in [1.82, 2.24) is 4.90 Å². The zero-order valence-corrected chi connectivity index (χ0v) is 10.5. The first kappa shape index (κ1) is 13.1. The number of rotatable bonds is 6. The summed E-state index contributed by atoms with van der Waals surface area (Å²) in [5.41, 5.74) is 0. The van der Waals surface area contributed by atoms with Gasteiger partial charge in [0.25, 0.3) is 0 Å². The Bertz CT molecular complexity index is 197. The molecular weight excluding hydrogens is 210 g/mol. The van der Waals surface area contributed by atoms with E-state index in [2.05, 4.69) is 11.8 Å². The summed E-state index contributed by atoms with van der Waals surface area (Å²) in [5.74, 6) is 1.29. The van der Waals surface area contributed by atoms with Gasteiger partial charge in [-0.2, -0.15) is 0 Å². The van der Waals surface area contributed by atoms with Gasteiger partial charge in [-0.05, 0) is 44.7 Å². The molecule has 0 aromatic heterocycles. The smallest absolute Gasteiger partial charge is 0.152 e. The predicted octanol–water partition coefficient (Wildman–Crippen LogP) is 2.11. The second kappa shape index (κ2) is 7.36. The number of piperidine rings is 1. The van der Waals surface area contributed by atoms with Crippen molar-refractivity contribution in [1.29, 1.82) is 0 Å². The maximum absolute atomic E-state index is 10.5. The van der Waals surface area contributed by atoms with Crippen LogP contribution in [-0.2, 0) is 11.1 Å². The summed E-state index contributed by atoms with van der Waals surface area (Å²) in [4.78, 5) is 2.46. The molecule has 1 aliphatic rings. The molecule has 0 spiro atoms. The van der Waals surface area contributed by atoms with E-state index in [1.54, 1.807) is 0 Å². The first-order valence-electron chi connectivity index (χ1n) is 6.02. The monoisotopic (exact) mass is 233 g/mol. The molecule has 1 fully saturated rings. The minimum atomic E-state index is -1.61. The molecule has 0 amide bonds. The molecule has 1 N–H and O–H groups in total. The Morgan fingerprint density at radius 3 is 3.00 bits per heavy atom. The van der Waals surface area contributed by atoms with Crippen molar-refractivity contribution >= 4 is 11.1 Å². The molecule has 2 atom stereocenters. The van der Waals surface area contributed by atoms with Crippen LogP contribution in [0.2, 0.25) is 0 Å². The van der Waals surface area contributed by atoms with Gasteiger partial charge >= 0.3 is 0 Å². The number of nitrogens with zero attached hydrogens (tertiary/aromatic N) is 1. The summed E-state index contributed by atoms with van der Waals surface area (Å²) in [5, 5.41) is 0. The van der Waals surface area contributed by atoms with Crippen molar-refractivity contribution in [3.63, 3.8) is 0 Å². The fourth-order valence-electron chi connectivity index (χ4n) is 2.41. The highest BCUT2D eigenvalue weighted by molar-refractivity contribution is 7.79. The fourth-order valence-corrected chi connectivity index (χ4v) is 2.79. The molecule has 0 aromatic rings. The van der Waals surface area contributed by atoms with Gasteiger partial charge in [-0.25, -0.2) is 4.21 Å². The van der Waals surface area contributed by atoms with Gasteiger partial charge in [-0.15, -0.1) is 0 Å². The van der Waals surface area contributed by atoms with Crippen LogP contribution in [0.3, 0.4) is 0 Å². The normalized spacial score (nSPS) is 25.3. The largest absolute Gasteiger partial charge is 0.306 e. The van der Waals surface area contributed by atoms with Crippen molar-refractivity contribution in [2.24, 2.45) is 5.92 Å². The van der Waals surface area contributed by atoms with E-state index in [1.165, 1.54) is 38.8 Å². The maximum Gasteiger partial charge on any atom is 0.152 e. The van der Waals surface area contributed by atoms with E-state index in [0.717, 1.165) is 18.9 Å². The van der Waals surface area contributed by atoms with E-state index in [0.29, 0.717) is 5.75 Å². The van der Waals surface area contributed by atoms with E-state index >= 15 is 0 Å². The van der Waals surface area contributed by atoms with Crippen LogP contribution in [0.25, 0.3) is 0 Å². The van der Waals surface area contributed by atoms with Crippen molar-refractivity contribution in [3.8, 4) is 0 Å². The van der Waals surface area contributed by atoms with E-state index in [-0.39, 0.29) is 0 Å². The van der Waals surface area contributed by atoms with Crippen molar-refractivity contribution in [3.05, 3.63) is 0 Å². The third kappa shape index (κ3) is 5.64. The topological polar surface area (TPSA) is 40.5 Å². The Balaban J connectivity index is 2.15. The standard InChI is InChI=1S/C11H23NO2S/c1-2-5-11-6-3-7-12(10-11)8-4-9-15(13)14/h11H,2-10H2,1H3,(H,13,14). The average Bonchev–Trinajstić information content (AvgIpc) is 2.18. The Morgan fingerprint density at radius 1 is 1.53 bits per heavy atom. The SMILES string of the molecule is CCCC1CCCN(CCCS(=O)O)C1. The Kier molecular flexibility index (Phi) is 6.45. The van der Waals surface area contributed by atoms with Gasteiger partial charge in [-0.3, -0.25) is 0 Å². The summed E-state index contributed by atoms with van der Waals surface area (Å²) >= 11 is -1.61. The third-order valence-corrected chi connectivity index (χ3v) is 3.73. The van der Waals surface area contributed by atoms with Gasteiger partial charge in [0.15, 0.2) is 11.1 Å². The first-order valence-corrected chi connectivity index (χ1v) is 7.29. The van der Waals surface area contributed by atoms with E-state index in [1.807, 2.05) is 0 Å².